The van der Waals surface area contributed by atoms with Gasteiger partial charge >= 0.3 is 0 Å². The molecule has 0 saturated heterocycles. The summed E-state index contributed by atoms with van der Waals surface area (Å²) in [4.78, 5) is 8.29. The van der Waals surface area contributed by atoms with Crippen molar-refractivity contribution in [3.63, 3.8) is 0 Å². The number of pyridine rings is 2. The first-order chi connectivity index (χ1) is 9.91. The summed E-state index contributed by atoms with van der Waals surface area (Å²) < 4.78 is 27.6. The Morgan fingerprint density at radius 2 is 2.05 bits per heavy atom. The van der Waals surface area contributed by atoms with E-state index in [0.717, 1.165) is 0 Å². The van der Waals surface area contributed by atoms with Gasteiger partial charge in [-0.15, -0.1) is 0 Å². The van der Waals surface area contributed by atoms with Crippen LogP contribution in [0.4, 0.5) is 0 Å². The summed E-state index contributed by atoms with van der Waals surface area (Å²) in [6, 6.07) is 6.82. The summed E-state index contributed by atoms with van der Waals surface area (Å²) in [7, 11) is -3.62. The van der Waals surface area contributed by atoms with E-state index in [9.17, 15) is 8.42 Å². The number of aromatic nitrogens is 2. The Balaban J connectivity index is 2.37. The zero-order valence-corrected chi connectivity index (χ0v) is 14.2. The van der Waals surface area contributed by atoms with Crippen LogP contribution in [0.25, 0.3) is 0 Å². The lowest BCUT2D eigenvalue weighted by atomic mass is 10.3. The van der Waals surface area contributed by atoms with Gasteiger partial charge in [-0.1, -0.05) is 6.07 Å². The third-order valence-electron chi connectivity index (χ3n) is 2.91. The van der Waals surface area contributed by atoms with Crippen LogP contribution in [0.15, 0.2) is 52.2 Å². The predicted octanol–water partition coefficient (Wildman–Crippen LogP) is 2.84. The molecule has 2 rings (SSSR count). The van der Waals surface area contributed by atoms with E-state index in [-0.39, 0.29) is 17.5 Å². The molecule has 0 N–H and O–H groups in total. The van der Waals surface area contributed by atoms with Gasteiger partial charge in [-0.3, -0.25) is 9.97 Å². The SMILES string of the molecule is CC(C)N(Cc1ccccn1)S(=O)(=O)c1cncc(Br)c1. The van der Waals surface area contributed by atoms with Gasteiger partial charge in [0.05, 0.1) is 12.2 Å². The molecule has 0 amide bonds. The lowest BCUT2D eigenvalue weighted by molar-refractivity contribution is 0.344. The molecule has 0 aliphatic carbocycles. The van der Waals surface area contributed by atoms with E-state index in [0.29, 0.717) is 10.2 Å². The van der Waals surface area contributed by atoms with Gasteiger partial charge < -0.3 is 0 Å². The lowest BCUT2D eigenvalue weighted by Gasteiger charge is -2.25. The summed E-state index contributed by atoms with van der Waals surface area (Å²) >= 11 is 3.25. The first kappa shape index (κ1) is 16.1. The van der Waals surface area contributed by atoms with Crippen molar-refractivity contribution in [2.75, 3.05) is 0 Å². The van der Waals surface area contributed by atoms with Crippen LogP contribution in [0.5, 0.6) is 0 Å². The molecule has 7 heteroatoms. The van der Waals surface area contributed by atoms with Crippen LogP contribution in [-0.2, 0) is 16.6 Å². The first-order valence-electron chi connectivity index (χ1n) is 6.43. The van der Waals surface area contributed by atoms with Crippen molar-refractivity contribution in [1.82, 2.24) is 14.3 Å². The largest absolute Gasteiger partial charge is 0.262 e. The van der Waals surface area contributed by atoms with Gasteiger partial charge in [-0.05, 0) is 48.0 Å². The Hall–Kier alpha value is -1.31. The van der Waals surface area contributed by atoms with Crippen LogP contribution in [0, 0.1) is 0 Å². The topological polar surface area (TPSA) is 63.2 Å². The molecule has 2 heterocycles. The van der Waals surface area contributed by atoms with E-state index in [4.69, 9.17) is 0 Å². The molecule has 0 aromatic carbocycles. The molecule has 0 fully saturated rings. The van der Waals surface area contributed by atoms with E-state index in [1.807, 2.05) is 26.0 Å². The fourth-order valence-electron chi connectivity index (χ4n) is 1.87. The molecule has 0 aliphatic heterocycles. The second kappa shape index (κ2) is 6.64. The number of nitrogens with zero attached hydrogens (tertiary/aromatic N) is 3. The fraction of sp³-hybridized carbons (Fsp3) is 0.286. The summed E-state index contributed by atoms with van der Waals surface area (Å²) in [5, 5.41) is 0. The van der Waals surface area contributed by atoms with E-state index >= 15 is 0 Å². The number of sulfonamides is 1. The van der Waals surface area contributed by atoms with Crippen LogP contribution in [0.3, 0.4) is 0 Å². The smallest absolute Gasteiger partial charge is 0.245 e. The highest BCUT2D eigenvalue weighted by Crippen LogP contribution is 2.22. The number of hydrogen-bond donors (Lipinski definition) is 0. The van der Waals surface area contributed by atoms with Gasteiger partial charge in [0.2, 0.25) is 10.0 Å². The summed E-state index contributed by atoms with van der Waals surface area (Å²) in [5.74, 6) is 0. The number of rotatable bonds is 5. The summed E-state index contributed by atoms with van der Waals surface area (Å²) in [5.41, 5.74) is 0.706. The third kappa shape index (κ3) is 3.87. The van der Waals surface area contributed by atoms with Crippen molar-refractivity contribution in [3.8, 4) is 0 Å². The monoisotopic (exact) mass is 369 g/mol. The third-order valence-corrected chi connectivity index (χ3v) is 5.33. The average molecular weight is 370 g/mol. The highest BCUT2D eigenvalue weighted by Gasteiger charge is 2.28. The van der Waals surface area contributed by atoms with Crippen LogP contribution in [0.2, 0.25) is 0 Å². The maximum absolute atomic E-state index is 12.8. The number of hydrogen-bond acceptors (Lipinski definition) is 4. The van der Waals surface area contributed by atoms with Gasteiger partial charge in [0.1, 0.15) is 4.90 Å². The Bertz CT molecular complexity index is 705. The molecule has 0 atom stereocenters. The fourth-order valence-corrected chi connectivity index (χ4v) is 3.98. The van der Waals surface area contributed by atoms with E-state index < -0.39 is 10.0 Å². The Labute approximate surface area is 133 Å². The zero-order chi connectivity index (χ0) is 15.5. The molecule has 0 radical (unpaired) electrons. The maximum atomic E-state index is 12.8. The summed E-state index contributed by atoms with van der Waals surface area (Å²) in [6.07, 6.45) is 4.56. The van der Waals surface area contributed by atoms with Crippen LogP contribution in [-0.4, -0.2) is 28.7 Å². The van der Waals surface area contributed by atoms with E-state index in [1.165, 1.54) is 10.5 Å². The quantitative estimate of drug-likeness (QED) is 0.812. The minimum Gasteiger partial charge on any atom is -0.262 e. The van der Waals surface area contributed by atoms with E-state index in [2.05, 4.69) is 25.9 Å². The van der Waals surface area contributed by atoms with Crippen molar-refractivity contribution >= 4 is 26.0 Å². The predicted molar refractivity (Wildman–Crippen MR) is 84.0 cm³/mol. The minimum atomic E-state index is -3.62. The molecule has 0 unspecified atom stereocenters. The van der Waals surface area contributed by atoms with Crippen molar-refractivity contribution in [3.05, 3.63) is 53.0 Å². The first-order valence-corrected chi connectivity index (χ1v) is 8.67. The Morgan fingerprint density at radius 1 is 1.29 bits per heavy atom. The van der Waals surface area contributed by atoms with Gasteiger partial charge in [0.15, 0.2) is 0 Å². The standard InChI is InChI=1S/C14H16BrN3O2S/c1-11(2)18(10-13-5-3-4-6-17-13)21(19,20)14-7-12(15)8-16-9-14/h3-9,11H,10H2,1-2H3. The van der Waals surface area contributed by atoms with Gasteiger partial charge in [-0.2, -0.15) is 4.31 Å². The van der Waals surface area contributed by atoms with Crippen molar-refractivity contribution in [2.45, 2.75) is 31.3 Å². The molecule has 5 nitrogen and oxygen atoms in total. The molecule has 0 aliphatic rings. The van der Waals surface area contributed by atoms with Crippen molar-refractivity contribution in [2.24, 2.45) is 0 Å². The summed E-state index contributed by atoms with van der Waals surface area (Å²) in [6.45, 7) is 3.91. The molecular formula is C14H16BrN3O2S. The van der Waals surface area contributed by atoms with Gasteiger partial charge in [0.25, 0.3) is 0 Å². The highest BCUT2D eigenvalue weighted by molar-refractivity contribution is 9.10. The minimum absolute atomic E-state index is 0.168. The molecule has 2 aromatic rings. The molecule has 0 saturated carbocycles. The number of halogens is 1. The molecular weight excluding hydrogens is 354 g/mol. The molecule has 21 heavy (non-hydrogen) atoms. The maximum Gasteiger partial charge on any atom is 0.245 e. The Kier molecular flexibility index (Phi) is 5.08. The van der Waals surface area contributed by atoms with Gasteiger partial charge in [-0.25, -0.2) is 8.42 Å². The van der Waals surface area contributed by atoms with Crippen LogP contribution >= 0.6 is 15.9 Å². The molecule has 0 spiro atoms. The van der Waals surface area contributed by atoms with E-state index in [1.54, 1.807) is 24.5 Å². The lowest BCUT2D eigenvalue weighted by Crippen LogP contribution is -2.36. The Morgan fingerprint density at radius 3 is 2.62 bits per heavy atom. The normalized spacial score (nSPS) is 12.0. The molecule has 2 aromatic heterocycles. The second-order valence-electron chi connectivity index (χ2n) is 4.80. The molecule has 0 bridgehead atoms. The second-order valence-corrected chi connectivity index (χ2v) is 7.61. The van der Waals surface area contributed by atoms with Crippen molar-refractivity contribution in [1.29, 1.82) is 0 Å². The van der Waals surface area contributed by atoms with Crippen molar-refractivity contribution < 1.29 is 8.42 Å². The zero-order valence-electron chi connectivity index (χ0n) is 11.8. The van der Waals surface area contributed by atoms with Crippen LogP contribution in [0.1, 0.15) is 19.5 Å². The van der Waals surface area contributed by atoms with Crippen LogP contribution < -0.4 is 0 Å². The average Bonchev–Trinajstić information content (AvgIpc) is 2.45. The molecule has 112 valence electrons. The highest BCUT2D eigenvalue weighted by atomic mass is 79.9. The van der Waals surface area contributed by atoms with Gasteiger partial charge in [0, 0.05) is 29.1 Å².